The van der Waals surface area contributed by atoms with Crippen LogP contribution >= 0.6 is 15.9 Å². The zero-order valence-corrected chi connectivity index (χ0v) is 10.4. The van der Waals surface area contributed by atoms with Crippen molar-refractivity contribution in [1.29, 1.82) is 0 Å². The summed E-state index contributed by atoms with van der Waals surface area (Å²) in [6.07, 6.45) is 0.656. The van der Waals surface area contributed by atoms with Crippen LogP contribution in [0.15, 0.2) is 33.3 Å². The number of hydrogen-bond donors (Lipinski definition) is 1. The van der Waals surface area contributed by atoms with Crippen molar-refractivity contribution in [2.24, 2.45) is 5.73 Å². The molecule has 0 aliphatic heterocycles. The monoisotopic (exact) mass is 281 g/mol. The average molecular weight is 282 g/mol. The molecule has 5 heteroatoms. The van der Waals surface area contributed by atoms with Crippen LogP contribution in [0.3, 0.4) is 0 Å². The molecule has 0 saturated heterocycles. The van der Waals surface area contributed by atoms with Gasteiger partial charge in [-0.05, 0) is 24.6 Å². The van der Waals surface area contributed by atoms with Gasteiger partial charge < -0.3 is 10.3 Å². The van der Waals surface area contributed by atoms with Gasteiger partial charge in [-0.1, -0.05) is 33.2 Å². The first-order valence-corrected chi connectivity index (χ1v) is 5.77. The number of rotatable bonds is 3. The largest absolute Gasteiger partial charge is 0.338 e. The molecule has 4 nitrogen and oxygen atoms in total. The van der Waals surface area contributed by atoms with Crippen LogP contribution in [-0.4, -0.2) is 10.1 Å². The van der Waals surface area contributed by atoms with Gasteiger partial charge in [-0.15, -0.1) is 0 Å². The molecule has 0 bridgehead atoms. The van der Waals surface area contributed by atoms with Crippen molar-refractivity contribution in [2.75, 3.05) is 0 Å². The first-order valence-electron chi connectivity index (χ1n) is 4.97. The molecule has 1 unspecified atom stereocenters. The van der Waals surface area contributed by atoms with Gasteiger partial charge in [0.25, 0.3) is 0 Å². The molecular formula is C11H12BrN3O. The van der Waals surface area contributed by atoms with Crippen molar-refractivity contribution < 1.29 is 4.52 Å². The molecule has 0 aliphatic carbocycles. The first kappa shape index (κ1) is 11.3. The molecule has 84 valence electrons. The number of aromatic nitrogens is 2. The molecular weight excluding hydrogens is 270 g/mol. The summed E-state index contributed by atoms with van der Waals surface area (Å²) in [4.78, 5) is 4.21. The third-order valence-corrected chi connectivity index (χ3v) is 2.68. The van der Waals surface area contributed by atoms with E-state index >= 15 is 0 Å². The maximum atomic E-state index is 5.64. The summed E-state index contributed by atoms with van der Waals surface area (Å²) in [7, 11) is 0. The number of nitrogens with two attached hydrogens (primary N) is 1. The Morgan fingerprint density at radius 2 is 2.06 bits per heavy atom. The topological polar surface area (TPSA) is 64.9 Å². The highest BCUT2D eigenvalue weighted by molar-refractivity contribution is 9.10. The van der Waals surface area contributed by atoms with E-state index in [0.717, 1.165) is 10.0 Å². The van der Waals surface area contributed by atoms with Crippen molar-refractivity contribution in [3.63, 3.8) is 0 Å². The van der Waals surface area contributed by atoms with Crippen molar-refractivity contribution in [1.82, 2.24) is 10.1 Å². The van der Waals surface area contributed by atoms with Crippen LogP contribution in [0.2, 0.25) is 0 Å². The summed E-state index contributed by atoms with van der Waals surface area (Å²) in [6.45, 7) is 1.82. The van der Waals surface area contributed by atoms with Gasteiger partial charge in [-0.3, -0.25) is 0 Å². The molecule has 2 rings (SSSR count). The van der Waals surface area contributed by atoms with E-state index in [0.29, 0.717) is 18.1 Å². The Balaban J connectivity index is 2.11. The molecule has 0 radical (unpaired) electrons. The van der Waals surface area contributed by atoms with Crippen molar-refractivity contribution in [3.8, 4) is 0 Å². The van der Waals surface area contributed by atoms with Crippen molar-refractivity contribution >= 4 is 15.9 Å². The lowest BCUT2D eigenvalue weighted by Gasteiger charge is -1.96. The highest BCUT2D eigenvalue weighted by atomic mass is 79.9. The Morgan fingerprint density at radius 3 is 2.62 bits per heavy atom. The molecule has 0 amide bonds. The van der Waals surface area contributed by atoms with Gasteiger partial charge in [0.1, 0.15) is 0 Å². The Bertz CT molecular complexity index is 464. The van der Waals surface area contributed by atoms with Gasteiger partial charge >= 0.3 is 0 Å². The van der Waals surface area contributed by atoms with Crippen LogP contribution in [0, 0.1) is 0 Å². The molecule has 16 heavy (non-hydrogen) atoms. The summed E-state index contributed by atoms with van der Waals surface area (Å²) >= 11 is 3.39. The number of benzene rings is 1. The van der Waals surface area contributed by atoms with Crippen LogP contribution in [0.1, 0.15) is 30.2 Å². The molecule has 0 aliphatic rings. The van der Waals surface area contributed by atoms with Gasteiger partial charge in [0, 0.05) is 10.9 Å². The normalized spacial score (nSPS) is 12.7. The Kier molecular flexibility index (Phi) is 3.36. The molecule has 0 fully saturated rings. The van der Waals surface area contributed by atoms with E-state index in [1.54, 1.807) is 0 Å². The zero-order chi connectivity index (χ0) is 11.5. The van der Waals surface area contributed by atoms with Crippen LogP contribution < -0.4 is 5.73 Å². The summed E-state index contributed by atoms with van der Waals surface area (Å²) in [5.41, 5.74) is 6.78. The molecule has 1 aromatic carbocycles. The fourth-order valence-electron chi connectivity index (χ4n) is 1.31. The lowest BCUT2D eigenvalue weighted by atomic mass is 10.1. The summed E-state index contributed by atoms with van der Waals surface area (Å²) in [5, 5.41) is 3.88. The Hall–Kier alpha value is -1.20. The van der Waals surface area contributed by atoms with E-state index in [4.69, 9.17) is 10.3 Å². The van der Waals surface area contributed by atoms with E-state index in [1.807, 2.05) is 31.2 Å². The maximum absolute atomic E-state index is 5.64. The second-order valence-corrected chi connectivity index (χ2v) is 4.56. The zero-order valence-electron chi connectivity index (χ0n) is 8.85. The van der Waals surface area contributed by atoms with Gasteiger partial charge in [-0.2, -0.15) is 4.98 Å². The predicted octanol–water partition coefficient (Wildman–Crippen LogP) is 2.44. The molecule has 1 atom stereocenters. The minimum absolute atomic E-state index is 0.217. The second-order valence-electron chi connectivity index (χ2n) is 3.64. The van der Waals surface area contributed by atoms with E-state index < -0.39 is 0 Å². The van der Waals surface area contributed by atoms with Crippen LogP contribution in [-0.2, 0) is 6.42 Å². The van der Waals surface area contributed by atoms with Crippen LogP contribution in [0.25, 0.3) is 0 Å². The van der Waals surface area contributed by atoms with Gasteiger partial charge in [0.15, 0.2) is 5.82 Å². The predicted molar refractivity (Wildman–Crippen MR) is 63.8 cm³/mol. The van der Waals surface area contributed by atoms with E-state index in [2.05, 4.69) is 26.1 Å². The smallest absolute Gasteiger partial charge is 0.243 e. The molecule has 0 saturated carbocycles. The number of hydrogen-bond acceptors (Lipinski definition) is 4. The fourth-order valence-corrected chi connectivity index (χ4v) is 1.57. The summed E-state index contributed by atoms with van der Waals surface area (Å²) in [5.74, 6) is 1.14. The lowest BCUT2D eigenvalue weighted by molar-refractivity contribution is 0.358. The molecule has 2 N–H and O–H groups in total. The SMILES string of the molecule is CC(N)c1nc(Cc2ccc(Br)cc2)no1. The second kappa shape index (κ2) is 4.76. The van der Waals surface area contributed by atoms with Crippen LogP contribution in [0.4, 0.5) is 0 Å². The fraction of sp³-hybridized carbons (Fsp3) is 0.273. The maximum Gasteiger partial charge on any atom is 0.243 e. The van der Waals surface area contributed by atoms with E-state index in [1.165, 1.54) is 0 Å². The van der Waals surface area contributed by atoms with Crippen LogP contribution in [0.5, 0.6) is 0 Å². The summed E-state index contributed by atoms with van der Waals surface area (Å²) < 4.78 is 6.08. The lowest BCUT2D eigenvalue weighted by Crippen LogP contribution is -2.05. The van der Waals surface area contributed by atoms with Gasteiger partial charge in [-0.25, -0.2) is 0 Å². The Labute approximate surface area is 102 Å². The number of nitrogens with zero attached hydrogens (tertiary/aromatic N) is 2. The van der Waals surface area contributed by atoms with Gasteiger partial charge in [0.2, 0.25) is 5.89 Å². The molecule has 1 aromatic heterocycles. The van der Waals surface area contributed by atoms with E-state index in [-0.39, 0.29) is 6.04 Å². The number of halogens is 1. The van der Waals surface area contributed by atoms with Gasteiger partial charge in [0.05, 0.1) is 6.04 Å². The quantitative estimate of drug-likeness (QED) is 0.939. The minimum atomic E-state index is -0.217. The highest BCUT2D eigenvalue weighted by Gasteiger charge is 2.10. The van der Waals surface area contributed by atoms with Crippen molar-refractivity contribution in [3.05, 3.63) is 46.0 Å². The standard InChI is InChI=1S/C11H12BrN3O/c1-7(13)11-14-10(15-16-11)6-8-2-4-9(12)5-3-8/h2-5,7H,6,13H2,1H3. The third kappa shape index (κ3) is 2.68. The molecule has 1 heterocycles. The van der Waals surface area contributed by atoms with Crippen molar-refractivity contribution in [2.45, 2.75) is 19.4 Å². The first-order chi connectivity index (χ1) is 7.65. The molecule has 0 spiro atoms. The Morgan fingerprint density at radius 1 is 1.38 bits per heavy atom. The average Bonchev–Trinajstić information content (AvgIpc) is 2.70. The van der Waals surface area contributed by atoms with E-state index in [9.17, 15) is 0 Å². The third-order valence-electron chi connectivity index (χ3n) is 2.15. The molecule has 2 aromatic rings. The highest BCUT2D eigenvalue weighted by Crippen LogP contribution is 2.14. The summed E-state index contributed by atoms with van der Waals surface area (Å²) in [6, 6.07) is 7.80. The minimum Gasteiger partial charge on any atom is -0.338 e.